The topological polar surface area (TPSA) is 40.1 Å². The molecule has 0 unspecified atom stereocenters. The maximum atomic E-state index is 12.8. The van der Waals surface area contributed by atoms with Crippen LogP contribution in [0, 0.1) is 0 Å². The highest BCUT2D eigenvalue weighted by Gasteiger charge is 2.35. The van der Waals surface area contributed by atoms with E-state index in [2.05, 4.69) is 0 Å². The van der Waals surface area contributed by atoms with E-state index in [4.69, 9.17) is 11.6 Å². The molecular formula is C8H4ClF2O2-. The van der Waals surface area contributed by atoms with Crippen LogP contribution in [0.2, 0.25) is 5.02 Å². The summed E-state index contributed by atoms with van der Waals surface area (Å²) in [6, 6.07) is 4.83. The molecule has 5 heteroatoms. The molecule has 1 aromatic rings. The van der Waals surface area contributed by atoms with Gasteiger partial charge in [0.05, 0.1) is 5.02 Å². The molecule has 13 heavy (non-hydrogen) atoms. The number of rotatable bonds is 2. The number of benzene rings is 1. The van der Waals surface area contributed by atoms with E-state index in [-0.39, 0.29) is 5.02 Å². The van der Waals surface area contributed by atoms with Crippen LogP contribution >= 0.6 is 11.6 Å². The Labute approximate surface area is 77.8 Å². The summed E-state index contributed by atoms with van der Waals surface area (Å²) in [7, 11) is 0. The molecule has 0 heterocycles. The summed E-state index contributed by atoms with van der Waals surface area (Å²) in [5.74, 6) is -6.50. The molecule has 0 saturated heterocycles. The monoisotopic (exact) mass is 205 g/mol. The average Bonchev–Trinajstić information content (AvgIpc) is 2.04. The van der Waals surface area contributed by atoms with Gasteiger partial charge in [0.1, 0.15) is 5.97 Å². The summed E-state index contributed by atoms with van der Waals surface area (Å²) in [4.78, 5) is 10.1. The second kappa shape index (κ2) is 3.30. The summed E-state index contributed by atoms with van der Waals surface area (Å²) >= 11 is 5.38. The number of alkyl halides is 2. The lowest BCUT2D eigenvalue weighted by atomic mass is 10.1. The summed E-state index contributed by atoms with van der Waals surface area (Å²) in [5, 5.41) is 9.76. The van der Waals surface area contributed by atoms with Gasteiger partial charge in [-0.1, -0.05) is 29.8 Å². The second-order valence-corrected chi connectivity index (χ2v) is 2.75. The standard InChI is InChI=1S/C8H5ClF2O2/c9-6-4-2-1-3-5(6)8(10,11)7(12)13/h1-4H,(H,12,13)/p-1. The molecule has 0 N–H and O–H groups in total. The molecule has 0 amide bonds. The fraction of sp³-hybridized carbons (Fsp3) is 0.125. The van der Waals surface area contributed by atoms with Crippen LogP contribution in [-0.2, 0) is 10.7 Å². The van der Waals surface area contributed by atoms with Crippen molar-refractivity contribution in [2.75, 3.05) is 0 Å². The average molecular weight is 206 g/mol. The van der Waals surface area contributed by atoms with E-state index < -0.39 is 17.5 Å². The highest BCUT2D eigenvalue weighted by molar-refractivity contribution is 6.31. The molecule has 0 atom stereocenters. The molecular weight excluding hydrogens is 202 g/mol. The molecule has 0 aromatic heterocycles. The van der Waals surface area contributed by atoms with Gasteiger partial charge in [0, 0.05) is 5.56 Å². The van der Waals surface area contributed by atoms with Crippen LogP contribution in [-0.4, -0.2) is 5.97 Å². The Morgan fingerprint density at radius 2 is 1.92 bits per heavy atom. The van der Waals surface area contributed by atoms with Gasteiger partial charge in [-0.15, -0.1) is 0 Å². The minimum absolute atomic E-state index is 0.295. The normalized spacial score (nSPS) is 11.3. The van der Waals surface area contributed by atoms with Crippen LogP contribution in [0.25, 0.3) is 0 Å². The molecule has 1 rings (SSSR count). The first-order valence-corrected chi connectivity index (χ1v) is 3.68. The fourth-order valence-corrected chi connectivity index (χ4v) is 1.08. The van der Waals surface area contributed by atoms with E-state index in [0.29, 0.717) is 0 Å². The van der Waals surface area contributed by atoms with Crippen LogP contribution in [0.5, 0.6) is 0 Å². The molecule has 0 bridgehead atoms. The maximum Gasteiger partial charge on any atom is 0.313 e. The SMILES string of the molecule is O=C([O-])C(F)(F)c1ccccc1Cl. The zero-order chi connectivity index (χ0) is 10.1. The number of halogens is 3. The molecule has 0 fully saturated rings. The van der Waals surface area contributed by atoms with Crippen molar-refractivity contribution in [2.45, 2.75) is 5.92 Å². The molecule has 0 spiro atoms. The summed E-state index contributed by atoms with van der Waals surface area (Å²) in [6.45, 7) is 0. The third-order valence-electron chi connectivity index (χ3n) is 1.47. The van der Waals surface area contributed by atoms with E-state index in [9.17, 15) is 18.7 Å². The maximum absolute atomic E-state index is 12.8. The third kappa shape index (κ3) is 1.78. The molecule has 0 aliphatic rings. The van der Waals surface area contributed by atoms with E-state index in [0.717, 1.165) is 6.07 Å². The highest BCUT2D eigenvalue weighted by Crippen LogP contribution is 2.32. The van der Waals surface area contributed by atoms with Gasteiger partial charge in [-0.05, 0) is 6.07 Å². The lowest BCUT2D eigenvalue weighted by Crippen LogP contribution is -2.39. The van der Waals surface area contributed by atoms with Crippen molar-refractivity contribution >= 4 is 17.6 Å². The molecule has 0 aliphatic carbocycles. The number of carbonyl (C=O) groups excluding carboxylic acids is 1. The molecule has 0 aliphatic heterocycles. The Balaban J connectivity index is 3.22. The first kappa shape index (κ1) is 9.92. The Morgan fingerprint density at radius 1 is 1.38 bits per heavy atom. The molecule has 2 nitrogen and oxygen atoms in total. The quantitative estimate of drug-likeness (QED) is 0.728. The van der Waals surface area contributed by atoms with Gasteiger partial charge in [0.25, 0.3) is 0 Å². The van der Waals surface area contributed by atoms with Crippen molar-refractivity contribution in [1.29, 1.82) is 0 Å². The van der Waals surface area contributed by atoms with Crippen LogP contribution in [0.4, 0.5) is 8.78 Å². The summed E-state index contributed by atoms with van der Waals surface area (Å²) in [5.41, 5.74) is -0.753. The first-order valence-electron chi connectivity index (χ1n) is 3.30. The van der Waals surface area contributed by atoms with Crippen molar-refractivity contribution in [2.24, 2.45) is 0 Å². The lowest BCUT2D eigenvalue weighted by Gasteiger charge is -2.18. The van der Waals surface area contributed by atoms with E-state index in [1.807, 2.05) is 0 Å². The van der Waals surface area contributed by atoms with Gasteiger partial charge in [0.15, 0.2) is 0 Å². The second-order valence-electron chi connectivity index (χ2n) is 2.34. The zero-order valence-electron chi connectivity index (χ0n) is 6.26. The number of carboxylic acids is 1. The largest absolute Gasteiger partial charge is 0.544 e. The van der Waals surface area contributed by atoms with Crippen molar-refractivity contribution in [1.82, 2.24) is 0 Å². The molecule has 0 radical (unpaired) electrons. The lowest BCUT2D eigenvalue weighted by molar-refractivity contribution is -0.331. The number of hydrogen-bond acceptors (Lipinski definition) is 2. The van der Waals surface area contributed by atoms with Crippen LogP contribution < -0.4 is 5.11 Å². The van der Waals surface area contributed by atoms with Crippen molar-refractivity contribution in [3.63, 3.8) is 0 Å². The van der Waals surface area contributed by atoms with Gasteiger partial charge in [-0.25, -0.2) is 0 Å². The number of aliphatic carboxylic acids is 1. The van der Waals surface area contributed by atoms with Gasteiger partial charge in [-0.3, -0.25) is 0 Å². The number of hydrogen-bond donors (Lipinski definition) is 0. The van der Waals surface area contributed by atoms with Gasteiger partial charge in [-0.2, -0.15) is 8.78 Å². The minimum Gasteiger partial charge on any atom is -0.544 e. The van der Waals surface area contributed by atoms with Gasteiger partial charge in [0.2, 0.25) is 0 Å². The minimum atomic E-state index is -4.04. The Morgan fingerprint density at radius 3 is 2.38 bits per heavy atom. The van der Waals surface area contributed by atoms with Crippen molar-refractivity contribution in [3.8, 4) is 0 Å². The van der Waals surface area contributed by atoms with Crippen LogP contribution in [0.15, 0.2) is 24.3 Å². The first-order chi connectivity index (χ1) is 5.96. The van der Waals surface area contributed by atoms with E-state index in [1.165, 1.54) is 18.2 Å². The van der Waals surface area contributed by atoms with E-state index >= 15 is 0 Å². The highest BCUT2D eigenvalue weighted by atomic mass is 35.5. The van der Waals surface area contributed by atoms with Gasteiger partial charge < -0.3 is 9.90 Å². The third-order valence-corrected chi connectivity index (χ3v) is 1.80. The van der Waals surface area contributed by atoms with Crippen LogP contribution in [0.1, 0.15) is 5.56 Å². The van der Waals surface area contributed by atoms with Crippen molar-refractivity contribution < 1.29 is 18.7 Å². The smallest absolute Gasteiger partial charge is 0.313 e. The molecule has 1 aromatic carbocycles. The summed E-state index contributed by atoms with van der Waals surface area (Å²) < 4.78 is 25.6. The van der Waals surface area contributed by atoms with Crippen molar-refractivity contribution in [3.05, 3.63) is 34.9 Å². The summed E-state index contributed by atoms with van der Waals surface area (Å²) in [6.07, 6.45) is 0. The van der Waals surface area contributed by atoms with Gasteiger partial charge >= 0.3 is 5.92 Å². The number of carbonyl (C=O) groups is 1. The fourth-order valence-electron chi connectivity index (χ4n) is 0.826. The Bertz CT molecular complexity index is 339. The van der Waals surface area contributed by atoms with E-state index in [1.54, 1.807) is 0 Å². The Kier molecular flexibility index (Phi) is 2.52. The number of carboxylic acid groups (broad SMARTS) is 1. The van der Waals surface area contributed by atoms with Crippen LogP contribution in [0.3, 0.4) is 0 Å². The molecule has 0 saturated carbocycles. The zero-order valence-corrected chi connectivity index (χ0v) is 7.02. The predicted molar refractivity (Wildman–Crippen MR) is 40.4 cm³/mol. The predicted octanol–water partition coefficient (Wildman–Crippen LogP) is 1.18. The Hall–Kier alpha value is -1.16. The molecule has 70 valence electrons.